The van der Waals surface area contributed by atoms with Gasteiger partial charge >= 0.3 is 0 Å². The van der Waals surface area contributed by atoms with E-state index in [1.807, 2.05) is 7.11 Å². The fourth-order valence-electron chi connectivity index (χ4n) is 2.06. The van der Waals surface area contributed by atoms with E-state index in [1.54, 1.807) is 0 Å². The van der Waals surface area contributed by atoms with Crippen molar-refractivity contribution >= 4 is 0 Å². The number of methoxy groups -OCH3 is 1. The van der Waals surface area contributed by atoms with Crippen molar-refractivity contribution in [2.75, 3.05) is 7.11 Å². The highest BCUT2D eigenvalue weighted by Gasteiger charge is 2.27. The number of rotatable bonds is 2. The minimum Gasteiger partial charge on any atom is -0.381 e. The minimum atomic E-state index is 0.459. The van der Waals surface area contributed by atoms with E-state index >= 15 is 0 Å². The molecule has 1 aliphatic rings. The monoisotopic (exact) mass is 168 g/mol. The number of hydrogen-bond donors (Lipinski definition) is 0. The van der Waals surface area contributed by atoms with Gasteiger partial charge in [0.05, 0.1) is 6.10 Å². The van der Waals surface area contributed by atoms with Gasteiger partial charge in [0, 0.05) is 7.11 Å². The molecule has 0 amide bonds. The largest absolute Gasteiger partial charge is 0.381 e. The molecule has 0 aromatic rings. The van der Waals surface area contributed by atoms with Crippen molar-refractivity contribution in [3.05, 3.63) is 12.2 Å². The maximum atomic E-state index is 5.44. The van der Waals surface area contributed by atoms with Gasteiger partial charge in [0.25, 0.3) is 0 Å². The molecule has 1 nitrogen and oxygen atoms in total. The van der Waals surface area contributed by atoms with E-state index in [0.29, 0.717) is 12.0 Å². The molecule has 3 atom stereocenters. The minimum absolute atomic E-state index is 0.459. The molecule has 12 heavy (non-hydrogen) atoms. The van der Waals surface area contributed by atoms with Crippen LogP contribution in [-0.4, -0.2) is 13.2 Å². The summed E-state index contributed by atoms with van der Waals surface area (Å²) in [5.74, 6) is 1.43. The zero-order chi connectivity index (χ0) is 9.14. The molecule has 0 radical (unpaired) electrons. The molecule has 2 unspecified atom stereocenters. The first-order valence-electron chi connectivity index (χ1n) is 4.83. The highest BCUT2D eigenvalue weighted by atomic mass is 16.5. The maximum Gasteiger partial charge on any atom is 0.0602 e. The Morgan fingerprint density at radius 3 is 2.58 bits per heavy atom. The highest BCUT2D eigenvalue weighted by Crippen LogP contribution is 2.33. The zero-order valence-corrected chi connectivity index (χ0v) is 8.47. The van der Waals surface area contributed by atoms with Crippen molar-refractivity contribution in [1.29, 1.82) is 0 Å². The molecule has 70 valence electrons. The van der Waals surface area contributed by atoms with Crippen molar-refractivity contribution in [3.63, 3.8) is 0 Å². The lowest BCUT2D eigenvalue weighted by molar-refractivity contribution is 0.0176. The van der Waals surface area contributed by atoms with Gasteiger partial charge in [0.1, 0.15) is 0 Å². The first kappa shape index (κ1) is 9.79. The molecule has 0 aliphatic heterocycles. The summed E-state index contributed by atoms with van der Waals surface area (Å²) in [6.45, 7) is 8.43. The Hall–Kier alpha value is -0.300. The van der Waals surface area contributed by atoms with Gasteiger partial charge in [-0.3, -0.25) is 0 Å². The summed E-state index contributed by atoms with van der Waals surface area (Å²) in [6, 6.07) is 0. The van der Waals surface area contributed by atoms with E-state index in [-0.39, 0.29) is 0 Å². The number of allylic oxidation sites excluding steroid dienone is 1. The van der Waals surface area contributed by atoms with Crippen LogP contribution >= 0.6 is 0 Å². The van der Waals surface area contributed by atoms with E-state index < -0.39 is 0 Å². The Balaban J connectivity index is 2.49. The molecule has 0 spiro atoms. The first-order valence-corrected chi connectivity index (χ1v) is 4.83. The molecular formula is C11H20O. The van der Waals surface area contributed by atoms with Gasteiger partial charge in [-0.25, -0.2) is 0 Å². The van der Waals surface area contributed by atoms with Crippen molar-refractivity contribution in [2.45, 2.75) is 39.2 Å². The SMILES string of the molecule is C=C(C)[C@@H]1CCC(C)C(OC)C1. The summed E-state index contributed by atoms with van der Waals surface area (Å²) in [5.41, 5.74) is 1.32. The average molecular weight is 168 g/mol. The normalized spacial score (nSPS) is 36.4. The molecule has 1 aliphatic carbocycles. The van der Waals surface area contributed by atoms with E-state index in [0.717, 1.165) is 5.92 Å². The summed E-state index contributed by atoms with van der Waals surface area (Å²) >= 11 is 0. The van der Waals surface area contributed by atoms with Gasteiger partial charge in [-0.15, -0.1) is 0 Å². The second kappa shape index (κ2) is 4.08. The molecule has 0 bridgehead atoms. The van der Waals surface area contributed by atoms with Gasteiger partial charge in [0.15, 0.2) is 0 Å². The number of ether oxygens (including phenoxy) is 1. The van der Waals surface area contributed by atoms with Crippen LogP contribution in [0.5, 0.6) is 0 Å². The van der Waals surface area contributed by atoms with Crippen LogP contribution in [0.4, 0.5) is 0 Å². The molecule has 0 saturated heterocycles. The lowest BCUT2D eigenvalue weighted by Crippen LogP contribution is -2.29. The third-order valence-electron chi connectivity index (χ3n) is 3.12. The first-order chi connectivity index (χ1) is 5.65. The average Bonchev–Trinajstić information content (AvgIpc) is 2.05. The second-order valence-electron chi connectivity index (χ2n) is 4.11. The van der Waals surface area contributed by atoms with E-state index in [9.17, 15) is 0 Å². The molecule has 0 heterocycles. The van der Waals surface area contributed by atoms with Crippen LogP contribution in [0.25, 0.3) is 0 Å². The van der Waals surface area contributed by atoms with Crippen molar-refractivity contribution in [1.82, 2.24) is 0 Å². The lowest BCUT2D eigenvalue weighted by atomic mass is 9.78. The van der Waals surface area contributed by atoms with E-state index in [2.05, 4.69) is 20.4 Å². The van der Waals surface area contributed by atoms with Crippen molar-refractivity contribution in [3.8, 4) is 0 Å². The molecular weight excluding hydrogens is 148 g/mol. The number of hydrogen-bond acceptors (Lipinski definition) is 1. The van der Waals surface area contributed by atoms with Crippen LogP contribution in [-0.2, 0) is 4.74 Å². The summed E-state index contributed by atoms with van der Waals surface area (Å²) in [5, 5.41) is 0. The topological polar surface area (TPSA) is 9.23 Å². The molecule has 1 fully saturated rings. The van der Waals surface area contributed by atoms with Crippen molar-refractivity contribution < 1.29 is 4.74 Å². The predicted molar refractivity (Wildman–Crippen MR) is 52.1 cm³/mol. The van der Waals surface area contributed by atoms with Crippen LogP contribution in [0.2, 0.25) is 0 Å². The quantitative estimate of drug-likeness (QED) is 0.576. The molecule has 1 saturated carbocycles. The van der Waals surface area contributed by atoms with Crippen LogP contribution in [0.3, 0.4) is 0 Å². The molecule has 1 rings (SSSR count). The predicted octanol–water partition coefficient (Wildman–Crippen LogP) is 3.01. The van der Waals surface area contributed by atoms with E-state index in [1.165, 1.54) is 24.8 Å². The molecule has 0 aromatic carbocycles. The Labute approximate surface area is 75.8 Å². The van der Waals surface area contributed by atoms with Crippen LogP contribution in [0.1, 0.15) is 33.1 Å². The summed E-state index contributed by atoms with van der Waals surface area (Å²) in [6.07, 6.45) is 4.22. The van der Waals surface area contributed by atoms with Gasteiger partial charge in [-0.1, -0.05) is 19.1 Å². The fourth-order valence-corrected chi connectivity index (χ4v) is 2.06. The van der Waals surface area contributed by atoms with Gasteiger partial charge in [-0.05, 0) is 38.0 Å². The fraction of sp³-hybridized carbons (Fsp3) is 0.818. The third-order valence-corrected chi connectivity index (χ3v) is 3.12. The van der Waals surface area contributed by atoms with Crippen LogP contribution in [0.15, 0.2) is 12.2 Å². The van der Waals surface area contributed by atoms with Gasteiger partial charge in [0.2, 0.25) is 0 Å². The molecule has 0 N–H and O–H groups in total. The summed E-state index contributed by atoms with van der Waals surface area (Å²) in [7, 11) is 1.82. The molecule has 0 aromatic heterocycles. The Bertz CT molecular complexity index is 162. The Morgan fingerprint density at radius 2 is 2.08 bits per heavy atom. The summed E-state index contributed by atoms with van der Waals surface area (Å²) in [4.78, 5) is 0. The van der Waals surface area contributed by atoms with Gasteiger partial charge in [-0.2, -0.15) is 0 Å². The zero-order valence-electron chi connectivity index (χ0n) is 8.47. The van der Waals surface area contributed by atoms with Crippen LogP contribution < -0.4 is 0 Å². The molecule has 1 heteroatoms. The Kier molecular flexibility index (Phi) is 3.33. The Morgan fingerprint density at radius 1 is 1.42 bits per heavy atom. The third kappa shape index (κ3) is 2.10. The lowest BCUT2D eigenvalue weighted by Gasteiger charge is -2.33. The smallest absolute Gasteiger partial charge is 0.0602 e. The second-order valence-corrected chi connectivity index (χ2v) is 4.11. The summed E-state index contributed by atoms with van der Waals surface area (Å²) < 4.78 is 5.44. The van der Waals surface area contributed by atoms with E-state index in [4.69, 9.17) is 4.74 Å². The standard InChI is InChI=1S/C11H20O/c1-8(2)10-6-5-9(3)11(7-10)12-4/h9-11H,1,5-7H2,2-4H3/t9?,10-,11?/m1/s1. The van der Waals surface area contributed by atoms with Gasteiger partial charge < -0.3 is 4.74 Å². The van der Waals surface area contributed by atoms with Crippen LogP contribution in [0, 0.1) is 11.8 Å². The van der Waals surface area contributed by atoms with Crippen molar-refractivity contribution in [2.24, 2.45) is 11.8 Å². The highest BCUT2D eigenvalue weighted by molar-refractivity contribution is 4.99. The maximum absolute atomic E-state index is 5.44.